The molecule has 0 unspecified atom stereocenters. The van der Waals surface area contributed by atoms with Crippen molar-refractivity contribution in [3.63, 3.8) is 0 Å². The molecule has 0 heterocycles. The highest BCUT2D eigenvalue weighted by molar-refractivity contribution is 7.81. The number of carbonyl (C=O) groups excluding carboxylic acids is 1. The van der Waals surface area contributed by atoms with Gasteiger partial charge < -0.3 is 20.7 Å². The zero-order valence-electron chi connectivity index (χ0n) is 6.05. The van der Waals surface area contributed by atoms with Crippen LogP contribution < -0.4 is 5.73 Å². The van der Waals surface area contributed by atoms with Crippen LogP contribution in [0.5, 0.6) is 0 Å². The molecule has 3 atom stereocenters. The van der Waals surface area contributed by atoms with E-state index in [4.69, 9.17) is 15.9 Å². The first-order chi connectivity index (χ1) is 5.11. The molecule has 0 saturated heterocycles. The van der Waals surface area contributed by atoms with Crippen molar-refractivity contribution in [1.82, 2.24) is 0 Å². The molecule has 5 heteroatoms. The maximum Gasteiger partial charge on any atom is 0.136 e. The zero-order chi connectivity index (χ0) is 8.85. The summed E-state index contributed by atoms with van der Waals surface area (Å²) < 4.78 is 0. The van der Waals surface area contributed by atoms with Crippen LogP contribution in [0.1, 0.15) is 6.42 Å². The number of aliphatic hydroxyl groups excluding tert-OH is 2. The van der Waals surface area contributed by atoms with Gasteiger partial charge in [0.05, 0.1) is 24.0 Å². The number of aliphatic hydroxyl groups is 2. The van der Waals surface area contributed by atoms with Gasteiger partial charge in [-0.2, -0.15) is 12.6 Å². The number of carbonyl (C=O) groups is 1. The SMILES string of the molecule is N[C@H](C=O)C[C@H](O)[C@@H](S)CO. The molecule has 0 aromatic rings. The molecule has 0 amide bonds. The lowest BCUT2D eigenvalue weighted by atomic mass is 10.1. The van der Waals surface area contributed by atoms with Crippen LogP contribution in [-0.4, -0.2) is 40.5 Å². The second-order valence-corrected chi connectivity index (χ2v) is 3.02. The summed E-state index contributed by atoms with van der Waals surface area (Å²) in [6, 6.07) is -0.675. The molecule has 0 aromatic heterocycles. The monoisotopic (exact) mass is 179 g/mol. The molecule has 0 aliphatic carbocycles. The molecule has 0 saturated carbocycles. The predicted molar refractivity (Wildman–Crippen MR) is 44.5 cm³/mol. The third-order valence-corrected chi connectivity index (χ3v) is 1.83. The molecule has 0 rings (SSSR count). The summed E-state index contributed by atoms with van der Waals surface area (Å²) in [5, 5.41) is 17.1. The van der Waals surface area contributed by atoms with Gasteiger partial charge in [0.25, 0.3) is 0 Å². The van der Waals surface area contributed by atoms with Crippen LogP contribution >= 0.6 is 12.6 Å². The molecule has 66 valence electrons. The van der Waals surface area contributed by atoms with E-state index in [1.807, 2.05) is 0 Å². The Kier molecular flexibility index (Phi) is 5.49. The molecule has 0 radical (unpaired) electrons. The minimum absolute atomic E-state index is 0.137. The first-order valence-electron chi connectivity index (χ1n) is 3.29. The highest BCUT2D eigenvalue weighted by Crippen LogP contribution is 2.06. The molecule has 0 fully saturated rings. The molecule has 0 aliphatic heterocycles. The average Bonchev–Trinajstić information content (AvgIpc) is 2.02. The van der Waals surface area contributed by atoms with Crippen LogP contribution in [0.25, 0.3) is 0 Å². The Hall–Kier alpha value is -0.100. The molecular weight excluding hydrogens is 166 g/mol. The van der Waals surface area contributed by atoms with E-state index in [1.165, 1.54) is 0 Å². The first kappa shape index (κ1) is 10.9. The number of hydrogen-bond acceptors (Lipinski definition) is 5. The molecular formula is C6H13NO3S. The standard InChI is InChI=1S/C6H13NO3S/c7-4(2-8)1-5(10)6(11)3-9/h2,4-6,9-11H,1,3,7H2/t4-,5-,6-/m0/s1. The fraction of sp³-hybridized carbons (Fsp3) is 0.833. The second-order valence-electron chi connectivity index (χ2n) is 2.35. The van der Waals surface area contributed by atoms with Crippen LogP contribution in [0, 0.1) is 0 Å². The number of thiol groups is 1. The van der Waals surface area contributed by atoms with E-state index in [2.05, 4.69) is 12.6 Å². The van der Waals surface area contributed by atoms with Gasteiger partial charge in [-0.05, 0) is 6.42 Å². The van der Waals surface area contributed by atoms with E-state index in [9.17, 15) is 4.79 Å². The van der Waals surface area contributed by atoms with Gasteiger partial charge in [-0.1, -0.05) is 0 Å². The maximum absolute atomic E-state index is 10.0. The van der Waals surface area contributed by atoms with Crippen LogP contribution in [0.2, 0.25) is 0 Å². The molecule has 0 aliphatic rings. The van der Waals surface area contributed by atoms with Crippen molar-refractivity contribution < 1.29 is 15.0 Å². The lowest BCUT2D eigenvalue weighted by molar-refractivity contribution is -0.109. The van der Waals surface area contributed by atoms with Crippen molar-refractivity contribution in [3.8, 4) is 0 Å². The molecule has 0 bridgehead atoms. The third kappa shape index (κ3) is 4.36. The molecule has 0 aromatic carbocycles. The summed E-state index contributed by atoms with van der Waals surface area (Å²) >= 11 is 3.87. The average molecular weight is 179 g/mol. The van der Waals surface area contributed by atoms with Crippen molar-refractivity contribution in [1.29, 1.82) is 0 Å². The van der Waals surface area contributed by atoms with E-state index in [0.29, 0.717) is 6.29 Å². The summed E-state index contributed by atoms with van der Waals surface area (Å²) in [6.45, 7) is -0.226. The Morgan fingerprint density at radius 3 is 2.55 bits per heavy atom. The van der Waals surface area contributed by atoms with Crippen molar-refractivity contribution >= 4 is 18.9 Å². The summed E-state index contributed by atoms with van der Waals surface area (Å²) in [7, 11) is 0. The van der Waals surface area contributed by atoms with E-state index in [-0.39, 0.29) is 13.0 Å². The molecule has 4 N–H and O–H groups in total. The molecule has 0 spiro atoms. The Balaban J connectivity index is 3.66. The Labute approximate surface area is 70.8 Å². The van der Waals surface area contributed by atoms with E-state index in [0.717, 1.165) is 0 Å². The van der Waals surface area contributed by atoms with Gasteiger partial charge in [-0.3, -0.25) is 0 Å². The quantitative estimate of drug-likeness (QED) is 0.307. The van der Waals surface area contributed by atoms with Gasteiger partial charge in [-0.25, -0.2) is 0 Å². The maximum atomic E-state index is 10.0. The Bertz CT molecular complexity index is 122. The summed E-state index contributed by atoms with van der Waals surface area (Å²) in [4.78, 5) is 10.0. The fourth-order valence-electron chi connectivity index (χ4n) is 0.613. The van der Waals surface area contributed by atoms with Gasteiger partial charge in [0.15, 0.2) is 0 Å². The van der Waals surface area contributed by atoms with Gasteiger partial charge in [0.1, 0.15) is 6.29 Å². The van der Waals surface area contributed by atoms with Gasteiger partial charge in [-0.15, -0.1) is 0 Å². The van der Waals surface area contributed by atoms with E-state index in [1.54, 1.807) is 0 Å². The Morgan fingerprint density at radius 1 is 1.64 bits per heavy atom. The minimum atomic E-state index is -0.830. The summed E-state index contributed by atoms with van der Waals surface area (Å²) in [5.41, 5.74) is 5.22. The van der Waals surface area contributed by atoms with Crippen molar-refractivity contribution in [2.24, 2.45) is 5.73 Å². The first-order valence-corrected chi connectivity index (χ1v) is 3.81. The van der Waals surface area contributed by atoms with Gasteiger partial charge >= 0.3 is 0 Å². The third-order valence-electron chi connectivity index (χ3n) is 1.32. The molecule has 11 heavy (non-hydrogen) atoms. The predicted octanol–water partition coefficient (Wildman–Crippen LogP) is -1.45. The second kappa shape index (κ2) is 5.54. The van der Waals surface area contributed by atoms with Crippen LogP contribution in [-0.2, 0) is 4.79 Å². The largest absolute Gasteiger partial charge is 0.395 e. The summed E-state index contributed by atoms with van der Waals surface area (Å²) in [6.07, 6.45) is -0.136. The Morgan fingerprint density at radius 2 is 2.18 bits per heavy atom. The van der Waals surface area contributed by atoms with Crippen LogP contribution in [0.3, 0.4) is 0 Å². The normalized spacial score (nSPS) is 18.9. The van der Waals surface area contributed by atoms with Crippen LogP contribution in [0.4, 0.5) is 0 Å². The highest BCUT2D eigenvalue weighted by Gasteiger charge is 2.16. The van der Waals surface area contributed by atoms with Crippen molar-refractivity contribution in [2.45, 2.75) is 23.8 Å². The van der Waals surface area contributed by atoms with Gasteiger partial charge in [0, 0.05) is 0 Å². The van der Waals surface area contributed by atoms with E-state index >= 15 is 0 Å². The number of aldehydes is 1. The van der Waals surface area contributed by atoms with Crippen LogP contribution in [0.15, 0.2) is 0 Å². The smallest absolute Gasteiger partial charge is 0.136 e. The zero-order valence-corrected chi connectivity index (χ0v) is 6.95. The van der Waals surface area contributed by atoms with E-state index < -0.39 is 17.4 Å². The van der Waals surface area contributed by atoms with Crippen molar-refractivity contribution in [3.05, 3.63) is 0 Å². The highest BCUT2D eigenvalue weighted by atomic mass is 32.1. The fourth-order valence-corrected chi connectivity index (χ4v) is 0.735. The topological polar surface area (TPSA) is 83.6 Å². The summed E-state index contributed by atoms with van der Waals surface area (Å²) in [5.74, 6) is 0. The number of nitrogens with two attached hydrogens (primary N) is 1. The van der Waals surface area contributed by atoms with Gasteiger partial charge in [0.2, 0.25) is 0 Å². The number of rotatable bonds is 5. The molecule has 4 nitrogen and oxygen atoms in total. The minimum Gasteiger partial charge on any atom is -0.395 e. The number of hydrogen-bond donors (Lipinski definition) is 4. The lowest BCUT2D eigenvalue weighted by Crippen LogP contribution is -2.33. The lowest BCUT2D eigenvalue weighted by Gasteiger charge is -2.16. The van der Waals surface area contributed by atoms with Crippen molar-refractivity contribution in [2.75, 3.05) is 6.61 Å².